The fraction of sp³-hybridized carbons (Fsp3) is 0.133. The van der Waals surface area contributed by atoms with Crippen LogP contribution in [0, 0.1) is 0 Å². The van der Waals surface area contributed by atoms with Crippen LogP contribution in [0.3, 0.4) is 0 Å². The fourth-order valence-electron chi connectivity index (χ4n) is 1.87. The molecule has 2 nitrogen and oxygen atoms in total. The highest BCUT2D eigenvalue weighted by molar-refractivity contribution is 7.22. The van der Waals surface area contributed by atoms with E-state index in [-0.39, 0.29) is 0 Å². The molecule has 0 amide bonds. The molecule has 0 aliphatic rings. The molecule has 0 spiro atoms. The fourth-order valence-corrected chi connectivity index (χ4v) is 2.91. The van der Waals surface area contributed by atoms with Crippen LogP contribution in [0.4, 0.5) is 5.13 Å². The first kappa shape index (κ1) is 12.5. The maximum atomic E-state index is 5.77. The molecule has 0 unspecified atom stereocenters. The Balaban J connectivity index is 1.70. The van der Waals surface area contributed by atoms with Crippen molar-refractivity contribution in [2.24, 2.45) is 0 Å². The van der Waals surface area contributed by atoms with Gasteiger partial charge in [0.25, 0.3) is 0 Å². The molecule has 19 heavy (non-hydrogen) atoms. The largest absolute Gasteiger partial charge is 0.357 e. The van der Waals surface area contributed by atoms with Crippen molar-refractivity contribution in [2.45, 2.75) is 12.4 Å². The van der Waals surface area contributed by atoms with Gasteiger partial charge in [0.05, 0.1) is 10.2 Å². The van der Waals surface area contributed by atoms with Crippen LogP contribution in [0.1, 0.15) is 11.1 Å². The van der Waals surface area contributed by atoms with Gasteiger partial charge in [0.1, 0.15) is 0 Å². The number of hydrogen-bond donors (Lipinski definition) is 1. The van der Waals surface area contributed by atoms with Gasteiger partial charge in [-0.05, 0) is 23.3 Å². The van der Waals surface area contributed by atoms with Crippen LogP contribution in [-0.4, -0.2) is 4.98 Å². The van der Waals surface area contributed by atoms with Gasteiger partial charge in [-0.2, -0.15) is 0 Å². The third kappa shape index (κ3) is 2.88. The minimum Gasteiger partial charge on any atom is -0.357 e. The van der Waals surface area contributed by atoms with E-state index < -0.39 is 0 Å². The third-order valence-electron chi connectivity index (χ3n) is 2.91. The Morgan fingerprint density at radius 2 is 1.74 bits per heavy atom. The number of nitrogens with one attached hydrogen (secondary N) is 1. The summed E-state index contributed by atoms with van der Waals surface area (Å²) in [5, 5.41) is 4.32. The highest BCUT2D eigenvalue weighted by Gasteiger charge is 2.02. The monoisotopic (exact) mass is 288 g/mol. The number of rotatable bonds is 4. The van der Waals surface area contributed by atoms with Gasteiger partial charge in [0.15, 0.2) is 5.13 Å². The van der Waals surface area contributed by atoms with Crippen LogP contribution in [0.25, 0.3) is 10.2 Å². The molecule has 1 aromatic heterocycles. The molecular formula is C15H13ClN2S. The van der Waals surface area contributed by atoms with E-state index in [0.29, 0.717) is 5.88 Å². The van der Waals surface area contributed by atoms with Gasteiger partial charge in [-0.25, -0.2) is 4.98 Å². The molecule has 1 N–H and O–H groups in total. The molecule has 4 heteroatoms. The van der Waals surface area contributed by atoms with Crippen LogP contribution in [-0.2, 0) is 12.4 Å². The standard InChI is InChI=1S/C15H13ClN2S/c16-9-11-5-7-12(8-6-11)10-17-15-18-13-3-1-2-4-14(13)19-15/h1-8H,9-10H2,(H,17,18). The van der Waals surface area contributed by atoms with Crippen molar-refractivity contribution < 1.29 is 0 Å². The minimum atomic E-state index is 0.561. The van der Waals surface area contributed by atoms with E-state index in [4.69, 9.17) is 11.6 Å². The molecule has 0 bridgehead atoms. The summed E-state index contributed by atoms with van der Waals surface area (Å²) >= 11 is 7.45. The van der Waals surface area contributed by atoms with E-state index in [1.807, 2.05) is 18.2 Å². The number of fused-ring (bicyclic) bond motifs is 1. The molecule has 0 radical (unpaired) electrons. The summed E-state index contributed by atoms with van der Waals surface area (Å²) in [6, 6.07) is 16.5. The lowest BCUT2D eigenvalue weighted by molar-refractivity contribution is 1.13. The zero-order chi connectivity index (χ0) is 13.1. The van der Waals surface area contributed by atoms with E-state index >= 15 is 0 Å². The molecule has 0 aliphatic carbocycles. The smallest absolute Gasteiger partial charge is 0.184 e. The number of para-hydroxylation sites is 1. The predicted octanol–water partition coefficient (Wildman–Crippen LogP) is 4.65. The zero-order valence-corrected chi connectivity index (χ0v) is 11.8. The van der Waals surface area contributed by atoms with Crippen molar-refractivity contribution in [1.29, 1.82) is 0 Å². The average molecular weight is 289 g/mol. The molecule has 1 heterocycles. The minimum absolute atomic E-state index is 0.561. The molecular weight excluding hydrogens is 276 g/mol. The van der Waals surface area contributed by atoms with Crippen LogP contribution < -0.4 is 5.32 Å². The third-order valence-corrected chi connectivity index (χ3v) is 4.22. The van der Waals surface area contributed by atoms with Crippen molar-refractivity contribution in [3.63, 3.8) is 0 Å². The lowest BCUT2D eigenvalue weighted by atomic mass is 10.1. The second-order valence-corrected chi connectivity index (χ2v) is 5.59. The summed E-state index contributed by atoms with van der Waals surface area (Å²) in [5.41, 5.74) is 3.42. The molecule has 0 atom stereocenters. The van der Waals surface area contributed by atoms with Gasteiger partial charge in [0.2, 0.25) is 0 Å². The van der Waals surface area contributed by atoms with E-state index in [9.17, 15) is 0 Å². The summed E-state index contributed by atoms with van der Waals surface area (Å²) in [6.07, 6.45) is 0. The lowest BCUT2D eigenvalue weighted by Crippen LogP contribution is -1.98. The Bertz CT molecular complexity index is 643. The van der Waals surface area contributed by atoms with E-state index in [1.54, 1.807) is 11.3 Å². The van der Waals surface area contributed by atoms with Gasteiger partial charge in [-0.3, -0.25) is 0 Å². The highest BCUT2D eigenvalue weighted by Crippen LogP contribution is 2.25. The van der Waals surface area contributed by atoms with Crippen molar-refractivity contribution >= 4 is 38.3 Å². The number of alkyl halides is 1. The van der Waals surface area contributed by atoms with Gasteiger partial charge >= 0.3 is 0 Å². The Labute approximate surface area is 121 Å². The Morgan fingerprint density at radius 1 is 1.00 bits per heavy atom. The summed E-state index contributed by atoms with van der Waals surface area (Å²) in [7, 11) is 0. The SMILES string of the molecule is ClCc1ccc(CNc2nc3ccccc3s2)cc1. The topological polar surface area (TPSA) is 24.9 Å². The normalized spacial score (nSPS) is 10.8. The van der Waals surface area contributed by atoms with Crippen LogP contribution in [0.2, 0.25) is 0 Å². The van der Waals surface area contributed by atoms with Crippen LogP contribution >= 0.6 is 22.9 Å². The first-order valence-electron chi connectivity index (χ1n) is 6.08. The number of hydrogen-bond acceptors (Lipinski definition) is 3. The molecule has 3 rings (SSSR count). The molecule has 0 saturated carbocycles. The summed E-state index contributed by atoms with van der Waals surface area (Å²) in [5.74, 6) is 0.561. The van der Waals surface area contributed by atoms with Crippen molar-refractivity contribution in [2.75, 3.05) is 5.32 Å². The van der Waals surface area contributed by atoms with Crippen molar-refractivity contribution in [1.82, 2.24) is 4.98 Å². The first-order chi connectivity index (χ1) is 9.35. The van der Waals surface area contributed by atoms with Crippen molar-refractivity contribution in [3.8, 4) is 0 Å². The number of benzene rings is 2. The number of thiazole rings is 1. The number of halogens is 1. The average Bonchev–Trinajstić information content (AvgIpc) is 2.88. The van der Waals surface area contributed by atoms with Crippen molar-refractivity contribution in [3.05, 3.63) is 59.7 Å². The second-order valence-electron chi connectivity index (χ2n) is 4.29. The summed E-state index contributed by atoms with van der Waals surface area (Å²) < 4.78 is 1.21. The van der Waals surface area contributed by atoms with Gasteiger partial charge < -0.3 is 5.32 Å². The molecule has 0 fully saturated rings. The molecule has 3 aromatic rings. The van der Waals surface area contributed by atoms with Crippen LogP contribution in [0.15, 0.2) is 48.5 Å². The van der Waals surface area contributed by atoms with E-state index in [2.05, 4.69) is 40.6 Å². The maximum Gasteiger partial charge on any atom is 0.184 e. The maximum absolute atomic E-state index is 5.77. The Hall–Kier alpha value is -1.58. The number of nitrogens with zero attached hydrogens (tertiary/aromatic N) is 1. The quantitative estimate of drug-likeness (QED) is 0.707. The Morgan fingerprint density at radius 3 is 2.47 bits per heavy atom. The predicted molar refractivity (Wildman–Crippen MR) is 82.9 cm³/mol. The molecule has 0 saturated heterocycles. The second kappa shape index (κ2) is 5.59. The first-order valence-corrected chi connectivity index (χ1v) is 7.43. The molecule has 96 valence electrons. The van der Waals surface area contributed by atoms with E-state index in [0.717, 1.165) is 22.8 Å². The van der Waals surface area contributed by atoms with E-state index in [1.165, 1.54) is 10.3 Å². The zero-order valence-electron chi connectivity index (χ0n) is 10.3. The summed E-state index contributed by atoms with van der Waals surface area (Å²) in [6.45, 7) is 0.780. The lowest BCUT2D eigenvalue weighted by Gasteiger charge is -2.03. The number of anilines is 1. The summed E-state index contributed by atoms with van der Waals surface area (Å²) in [4.78, 5) is 4.55. The molecule has 0 aliphatic heterocycles. The number of aromatic nitrogens is 1. The molecule has 2 aromatic carbocycles. The highest BCUT2D eigenvalue weighted by atomic mass is 35.5. The van der Waals surface area contributed by atoms with Gasteiger partial charge in [-0.1, -0.05) is 47.7 Å². The van der Waals surface area contributed by atoms with Gasteiger partial charge in [-0.15, -0.1) is 11.6 Å². The van der Waals surface area contributed by atoms with Gasteiger partial charge in [0, 0.05) is 12.4 Å². The Kier molecular flexibility index (Phi) is 3.67. The van der Waals surface area contributed by atoms with Crippen LogP contribution in [0.5, 0.6) is 0 Å².